The second-order valence-corrected chi connectivity index (χ2v) is 5.99. The molecule has 3 rings (SSSR count). The average molecular weight is 308 g/mol. The van der Waals surface area contributed by atoms with Crippen LogP contribution in [0.25, 0.3) is 0 Å². The monoisotopic (exact) mass is 308 g/mol. The van der Waals surface area contributed by atoms with Gasteiger partial charge in [-0.2, -0.15) is 0 Å². The van der Waals surface area contributed by atoms with Gasteiger partial charge in [-0.15, -0.1) is 0 Å². The molecule has 23 heavy (non-hydrogen) atoms. The van der Waals surface area contributed by atoms with E-state index in [1.807, 2.05) is 55.5 Å². The summed E-state index contributed by atoms with van der Waals surface area (Å²) in [4.78, 5) is 26.3. The number of aryl methyl sites for hydroxylation is 1. The van der Waals surface area contributed by atoms with Crippen molar-refractivity contribution in [1.29, 1.82) is 0 Å². The van der Waals surface area contributed by atoms with Gasteiger partial charge < -0.3 is 10.2 Å². The van der Waals surface area contributed by atoms with E-state index in [-0.39, 0.29) is 11.8 Å². The number of carbonyl (C=O) groups is 2. The van der Waals surface area contributed by atoms with Crippen LogP contribution in [0.15, 0.2) is 48.5 Å². The van der Waals surface area contributed by atoms with Crippen LogP contribution < -0.4 is 5.32 Å². The molecule has 0 bridgehead atoms. The number of nitrogens with one attached hydrogen (secondary N) is 1. The fraction of sp³-hybridized carbons (Fsp3) is 0.263. The summed E-state index contributed by atoms with van der Waals surface area (Å²) in [7, 11) is 1.69. The number of hydrogen-bond acceptors (Lipinski definition) is 2. The van der Waals surface area contributed by atoms with E-state index >= 15 is 0 Å². The average Bonchev–Trinajstić information content (AvgIpc) is 2.55. The lowest BCUT2D eigenvalue weighted by atomic mass is 9.92. The zero-order chi connectivity index (χ0) is 16.4. The standard InChI is InChI=1S/C19H20N2O2/c1-13-7-9-14(10-8-13)12-20-19(23)18-16-6-4-3-5-15(16)11-17(22)21(18)2/h3-10,18H,11-12H2,1-2H3,(H,20,23)/t18-/m0/s1. The molecule has 0 fully saturated rings. The number of carbonyl (C=O) groups excluding carboxylic acids is 2. The van der Waals surface area contributed by atoms with Crippen molar-refractivity contribution < 1.29 is 9.59 Å². The number of likely N-dealkylation sites (N-methyl/N-ethyl adjacent to an activating group) is 1. The molecule has 0 saturated carbocycles. The summed E-state index contributed by atoms with van der Waals surface area (Å²) in [6, 6.07) is 15.1. The lowest BCUT2D eigenvalue weighted by molar-refractivity contribution is -0.140. The number of amides is 2. The van der Waals surface area contributed by atoms with Crippen molar-refractivity contribution in [2.45, 2.75) is 25.9 Å². The van der Waals surface area contributed by atoms with Crippen molar-refractivity contribution in [2.75, 3.05) is 7.05 Å². The van der Waals surface area contributed by atoms with Crippen LogP contribution >= 0.6 is 0 Å². The quantitative estimate of drug-likeness (QED) is 0.946. The summed E-state index contributed by atoms with van der Waals surface area (Å²) in [5.74, 6) is -0.173. The van der Waals surface area contributed by atoms with Crippen LogP contribution in [0, 0.1) is 6.92 Å². The summed E-state index contributed by atoms with van der Waals surface area (Å²) < 4.78 is 0. The van der Waals surface area contributed by atoms with E-state index in [0.717, 1.165) is 16.7 Å². The zero-order valence-electron chi connectivity index (χ0n) is 13.4. The van der Waals surface area contributed by atoms with Crippen LogP contribution in [0.2, 0.25) is 0 Å². The van der Waals surface area contributed by atoms with Crippen molar-refractivity contribution in [3.05, 3.63) is 70.8 Å². The first-order valence-corrected chi connectivity index (χ1v) is 7.73. The van der Waals surface area contributed by atoms with Crippen LogP contribution in [0.3, 0.4) is 0 Å². The Kier molecular flexibility index (Phi) is 4.15. The smallest absolute Gasteiger partial charge is 0.247 e. The molecule has 0 unspecified atom stereocenters. The second-order valence-electron chi connectivity index (χ2n) is 5.99. The molecule has 0 spiro atoms. The summed E-state index contributed by atoms with van der Waals surface area (Å²) >= 11 is 0. The molecule has 0 saturated heterocycles. The normalized spacial score (nSPS) is 16.9. The molecule has 1 heterocycles. The number of fused-ring (bicyclic) bond motifs is 1. The van der Waals surface area contributed by atoms with E-state index in [2.05, 4.69) is 5.32 Å². The third-order valence-corrected chi connectivity index (χ3v) is 4.31. The lowest BCUT2D eigenvalue weighted by Crippen LogP contribution is -2.45. The molecule has 0 aromatic heterocycles. The predicted octanol–water partition coefficient (Wildman–Crippen LogP) is 2.37. The Morgan fingerprint density at radius 3 is 2.61 bits per heavy atom. The minimum atomic E-state index is -0.558. The van der Waals surface area contributed by atoms with Crippen LogP contribution in [0.5, 0.6) is 0 Å². The Labute approximate surface area is 136 Å². The third kappa shape index (κ3) is 3.11. The van der Waals surface area contributed by atoms with Crippen LogP contribution in [-0.2, 0) is 22.6 Å². The van der Waals surface area contributed by atoms with Crippen molar-refractivity contribution in [2.24, 2.45) is 0 Å². The second kappa shape index (κ2) is 6.24. The lowest BCUT2D eigenvalue weighted by Gasteiger charge is -2.33. The summed E-state index contributed by atoms with van der Waals surface area (Å²) in [5, 5.41) is 2.95. The minimum Gasteiger partial charge on any atom is -0.350 e. The molecule has 0 aliphatic carbocycles. The largest absolute Gasteiger partial charge is 0.350 e. The van der Waals surface area contributed by atoms with E-state index in [0.29, 0.717) is 13.0 Å². The van der Waals surface area contributed by atoms with E-state index in [1.54, 1.807) is 7.05 Å². The molecule has 1 aliphatic rings. The number of nitrogens with zero attached hydrogens (tertiary/aromatic N) is 1. The van der Waals surface area contributed by atoms with Gasteiger partial charge in [-0.3, -0.25) is 9.59 Å². The Morgan fingerprint density at radius 1 is 1.17 bits per heavy atom. The van der Waals surface area contributed by atoms with E-state index in [4.69, 9.17) is 0 Å². The van der Waals surface area contributed by atoms with E-state index < -0.39 is 6.04 Å². The maximum atomic E-state index is 12.7. The highest BCUT2D eigenvalue weighted by Gasteiger charge is 2.34. The van der Waals surface area contributed by atoms with Crippen molar-refractivity contribution in [3.8, 4) is 0 Å². The van der Waals surface area contributed by atoms with Gasteiger partial charge in [-0.25, -0.2) is 0 Å². The van der Waals surface area contributed by atoms with Gasteiger partial charge in [0.1, 0.15) is 6.04 Å². The topological polar surface area (TPSA) is 49.4 Å². The van der Waals surface area contributed by atoms with Gasteiger partial charge in [0.2, 0.25) is 11.8 Å². The van der Waals surface area contributed by atoms with Gasteiger partial charge >= 0.3 is 0 Å². The van der Waals surface area contributed by atoms with E-state index in [1.165, 1.54) is 10.5 Å². The molecular formula is C19H20N2O2. The molecule has 4 heteroatoms. The number of rotatable bonds is 3. The molecule has 2 aromatic carbocycles. The molecule has 0 radical (unpaired) electrons. The van der Waals surface area contributed by atoms with Crippen LogP contribution in [0.1, 0.15) is 28.3 Å². The maximum Gasteiger partial charge on any atom is 0.247 e. The van der Waals surface area contributed by atoms with Gasteiger partial charge in [-0.05, 0) is 23.6 Å². The van der Waals surface area contributed by atoms with E-state index in [9.17, 15) is 9.59 Å². The summed E-state index contributed by atoms with van der Waals surface area (Å²) in [6.07, 6.45) is 0.356. The highest BCUT2D eigenvalue weighted by Crippen LogP contribution is 2.29. The Morgan fingerprint density at radius 2 is 1.87 bits per heavy atom. The Hall–Kier alpha value is -2.62. The van der Waals surface area contributed by atoms with Gasteiger partial charge in [0, 0.05) is 13.6 Å². The Bertz CT molecular complexity index is 737. The third-order valence-electron chi connectivity index (χ3n) is 4.31. The molecule has 1 aliphatic heterocycles. The van der Waals surface area contributed by atoms with Gasteiger partial charge in [-0.1, -0.05) is 54.1 Å². The highest BCUT2D eigenvalue weighted by atomic mass is 16.2. The molecular weight excluding hydrogens is 288 g/mol. The SMILES string of the molecule is Cc1ccc(CNC(=O)[C@@H]2c3ccccc3CC(=O)N2C)cc1. The number of hydrogen-bond donors (Lipinski definition) is 1. The van der Waals surface area contributed by atoms with Gasteiger partial charge in [0.15, 0.2) is 0 Å². The molecule has 1 atom stereocenters. The first-order chi connectivity index (χ1) is 11.1. The van der Waals surface area contributed by atoms with Gasteiger partial charge in [0.25, 0.3) is 0 Å². The minimum absolute atomic E-state index is 0.0285. The predicted molar refractivity (Wildman–Crippen MR) is 88.7 cm³/mol. The Balaban J connectivity index is 1.78. The maximum absolute atomic E-state index is 12.7. The number of benzene rings is 2. The molecule has 4 nitrogen and oxygen atoms in total. The van der Waals surface area contributed by atoms with Crippen LogP contribution in [-0.4, -0.2) is 23.8 Å². The molecule has 2 amide bonds. The zero-order valence-corrected chi connectivity index (χ0v) is 13.4. The first kappa shape index (κ1) is 15.3. The summed E-state index contributed by atoms with van der Waals surface area (Å²) in [5.41, 5.74) is 4.08. The fourth-order valence-electron chi connectivity index (χ4n) is 2.91. The van der Waals surface area contributed by atoms with Crippen molar-refractivity contribution in [3.63, 3.8) is 0 Å². The van der Waals surface area contributed by atoms with Crippen molar-refractivity contribution in [1.82, 2.24) is 10.2 Å². The highest BCUT2D eigenvalue weighted by molar-refractivity contribution is 5.92. The van der Waals surface area contributed by atoms with Gasteiger partial charge in [0.05, 0.1) is 6.42 Å². The molecule has 1 N–H and O–H groups in total. The fourth-order valence-corrected chi connectivity index (χ4v) is 2.91. The van der Waals surface area contributed by atoms with Crippen LogP contribution in [0.4, 0.5) is 0 Å². The summed E-state index contributed by atoms with van der Waals surface area (Å²) in [6.45, 7) is 2.49. The molecule has 2 aromatic rings. The molecule has 118 valence electrons. The van der Waals surface area contributed by atoms with Crippen molar-refractivity contribution >= 4 is 11.8 Å². The first-order valence-electron chi connectivity index (χ1n) is 7.73.